The van der Waals surface area contributed by atoms with Gasteiger partial charge < -0.3 is 0 Å². The molecule has 1 heterocycles. The molecule has 0 aromatic carbocycles. The van der Waals surface area contributed by atoms with E-state index in [0.717, 1.165) is 30.7 Å². The lowest BCUT2D eigenvalue weighted by Crippen LogP contribution is -2.64. The van der Waals surface area contributed by atoms with Gasteiger partial charge in [-0.1, -0.05) is 6.42 Å². The molecule has 4 heteroatoms. The average molecular weight is 184 g/mol. The summed E-state index contributed by atoms with van der Waals surface area (Å²) in [5, 5.41) is 13.9. The van der Waals surface area contributed by atoms with Crippen molar-refractivity contribution in [2.75, 3.05) is 6.54 Å². The van der Waals surface area contributed by atoms with E-state index < -0.39 is 5.66 Å². The lowest BCUT2D eigenvalue weighted by atomic mass is 9.87. The molecule has 1 aliphatic carbocycles. The van der Waals surface area contributed by atoms with Gasteiger partial charge in [0.1, 0.15) is 5.66 Å². The van der Waals surface area contributed by atoms with Gasteiger partial charge in [0.05, 0.1) is 0 Å². The van der Waals surface area contributed by atoms with E-state index in [0.29, 0.717) is 13.0 Å². The normalized spacial score (nSPS) is 28.1. The maximum atomic E-state index is 11.3. The standard InChI is InChI=1S/C9H16N2O2/c12-8-4-7-10-9(11(8)13)5-2-1-3-6-9/h10,13H,1-7H2. The SMILES string of the molecule is O=C1CCNC2(CCCCC2)N1O. The van der Waals surface area contributed by atoms with Crippen LogP contribution in [0, 0.1) is 0 Å². The number of carbonyl (C=O) groups excluding carboxylic acids is 1. The van der Waals surface area contributed by atoms with Gasteiger partial charge in [-0.2, -0.15) is 0 Å². The number of hydrogen-bond acceptors (Lipinski definition) is 3. The molecule has 1 aliphatic heterocycles. The maximum absolute atomic E-state index is 11.3. The zero-order valence-electron chi connectivity index (χ0n) is 7.75. The summed E-state index contributed by atoms with van der Waals surface area (Å²) in [5.41, 5.74) is -0.423. The quantitative estimate of drug-likeness (QED) is 0.549. The zero-order valence-corrected chi connectivity index (χ0v) is 7.75. The summed E-state index contributed by atoms with van der Waals surface area (Å²) >= 11 is 0. The second-order valence-electron chi connectivity index (χ2n) is 3.97. The molecular weight excluding hydrogens is 168 g/mol. The molecule has 1 amide bonds. The van der Waals surface area contributed by atoms with Crippen molar-refractivity contribution in [2.45, 2.75) is 44.2 Å². The van der Waals surface area contributed by atoms with Crippen molar-refractivity contribution in [1.29, 1.82) is 0 Å². The highest BCUT2D eigenvalue weighted by atomic mass is 16.5. The molecule has 0 aromatic heterocycles. The van der Waals surface area contributed by atoms with Crippen molar-refractivity contribution < 1.29 is 10.0 Å². The second-order valence-corrected chi connectivity index (χ2v) is 3.97. The molecule has 2 N–H and O–H groups in total. The van der Waals surface area contributed by atoms with E-state index >= 15 is 0 Å². The second kappa shape index (κ2) is 3.27. The van der Waals surface area contributed by atoms with Gasteiger partial charge in [0.2, 0.25) is 5.91 Å². The fourth-order valence-electron chi connectivity index (χ4n) is 2.35. The van der Waals surface area contributed by atoms with Crippen LogP contribution in [0.25, 0.3) is 0 Å². The highest BCUT2D eigenvalue weighted by Crippen LogP contribution is 2.32. The van der Waals surface area contributed by atoms with E-state index in [1.807, 2.05) is 0 Å². The summed E-state index contributed by atoms with van der Waals surface area (Å²) in [7, 11) is 0. The molecule has 1 saturated carbocycles. The van der Waals surface area contributed by atoms with Crippen LogP contribution in [0.1, 0.15) is 38.5 Å². The Labute approximate surface area is 77.9 Å². The lowest BCUT2D eigenvalue weighted by Gasteiger charge is -2.46. The Balaban J connectivity index is 2.13. The first-order chi connectivity index (χ1) is 6.25. The van der Waals surface area contributed by atoms with Crippen molar-refractivity contribution in [3.8, 4) is 0 Å². The van der Waals surface area contributed by atoms with Gasteiger partial charge in [0, 0.05) is 13.0 Å². The summed E-state index contributed by atoms with van der Waals surface area (Å²) in [6.07, 6.45) is 5.59. The zero-order chi connectivity index (χ0) is 9.31. The monoisotopic (exact) mass is 184 g/mol. The molecule has 0 unspecified atom stereocenters. The molecule has 0 radical (unpaired) electrons. The van der Waals surface area contributed by atoms with E-state index in [2.05, 4.69) is 5.32 Å². The summed E-state index contributed by atoms with van der Waals surface area (Å²) < 4.78 is 0. The van der Waals surface area contributed by atoms with Crippen LogP contribution in [0.2, 0.25) is 0 Å². The van der Waals surface area contributed by atoms with Crippen LogP contribution >= 0.6 is 0 Å². The van der Waals surface area contributed by atoms with Crippen LogP contribution in [0.15, 0.2) is 0 Å². The third-order valence-corrected chi connectivity index (χ3v) is 3.12. The first-order valence-corrected chi connectivity index (χ1v) is 5.02. The lowest BCUT2D eigenvalue weighted by molar-refractivity contribution is -0.214. The number of carbonyl (C=O) groups is 1. The number of hydrogen-bond donors (Lipinski definition) is 2. The average Bonchev–Trinajstić information content (AvgIpc) is 2.16. The Bertz CT molecular complexity index is 206. The van der Waals surface area contributed by atoms with Crippen molar-refractivity contribution in [1.82, 2.24) is 10.4 Å². The van der Waals surface area contributed by atoms with E-state index in [1.165, 1.54) is 6.42 Å². The number of hydroxylamine groups is 2. The summed E-state index contributed by atoms with van der Waals surface area (Å²) in [6, 6.07) is 0. The molecule has 2 fully saturated rings. The Morgan fingerprint density at radius 1 is 1.31 bits per heavy atom. The highest BCUT2D eigenvalue weighted by molar-refractivity contribution is 5.76. The minimum absolute atomic E-state index is 0.138. The Morgan fingerprint density at radius 2 is 2.00 bits per heavy atom. The van der Waals surface area contributed by atoms with Crippen molar-refractivity contribution >= 4 is 5.91 Å². The summed E-state index contributed by atoms with van der Waals surface area (Å²) in [6.45, 7) is 0.704. The van der Waals surface area contributed by atoms with Crippen LogP contribution in [-0.2, 0) is 4.79 Å². The molecule has 2 rings (SSSR count). The molecule has 74 valence electrons. The van der Waals surface area contributed by atoms with E-state index in [1.54, 1.807) is 0 Å². The summed E-state index contributed by atoms with van der Waals surface area (Å²) in [5.74, 6) is -0.138. The fourth-order valence-corrected chi connectivity index (χ4v) is 2.35. The smallest absolute Gasteiger partial charge is 0.248 e. The summed E-state index contributed by atoms with van der Waals surface area (Å²) in [4.78, 5) is 11.3. The largest absolute Gasteiger partial charge is 0.292 e. The molecule has 1 spiro atoms. The fraction of sp³-hybridized carbons (Fsp3) is 0.889. The van der Waals surface area contributed by atoms with Gasteiger partial charge in [0.15, 0.2) is 0 Å². The molecule has 4 nitrogen and oxygen atoms in total. The van der Waals surface area contributed by atoms with Crippen LogP contribution in [0.3, 0.4) is 0 Å². The molecule has 0 atom stereocenters. The minimum atomic E-state index is -0.423. The van der Waals surface area contributed by atoms with E-state index in [9.17, 15) is 10.0 Å². The molecule has 0 bridgehead atoms. The van der Waals surface area contributed by atoms with Gasteiger partial charge >= 0.3 is 0 Å². The van der Waals surface area contributed by atoms with Crippen LogP contribution < -0.4 is 5.32 Å². The molecule has 2 aliphatic rings. The van der Waals surface area contributed by atoms with Gasteiger partial charge in [-0.25, -0.2) is 5.06 Å². The topological polar surface area (TPSA) is 52.6 Å². The molecular formula is C9H16N2O2. The third kappa shape index (κ3) is 1.44. The first-order valence-electron chi connectivity index (χ1n) is 5.02. The predicted octanol–water partition coefficient (Wildman–Crippen LogP) is 0.858. The predicted molar refractivity (Wildman–Crippen MR) is 47.1 cm³/mol. The Hall–Kier alpha value is -0.610. The van der Waals surface area contributed by atoms with Gasteiger partial charge in [0.25, 0.3) is 0 Å². The highest BCUT2D eigenvalue weighted by Gasteiger charge is 2.42. The maximum Gasteiger partial charge on any atom is 0.248 e. The minimum Gasteiger partial charge on any atom is -0.292 e. The van der Waals surface area contributed by atoms with Gasteiger partial charge in [-0.15, -0.1) is 0 Å². The Kier molecular flexibility index (Phi) is 2.26. The Morgan fingerprint density at radius 3 is 2.69 bits per heavy atom. The number of amides is 1. The van der Waals surface area contributed by atoms with Crippen molar-refractivity contribution in [2.24, 2.45) is 0 Å². The first kappa shape index (κ1) is 8.97. The van der Waals surface area contributed by atoms with Crippen molar-refractivity contribution in [3.05, 3.63) is 0 Å². The molecule has 13 heavy (non-hydrogen) atoms. The van der Waals surface area contributed by atoms with Gasteiger partial charge in [-0.05, 0) is 25.7 Å². The molecule has 0 aromatic rings. The van der Waals surface area contributed by atoms with E-state index in [-0.39, 0.29) is 5.91 Å². The molecule has 1 saturated heterocycles. The number of nitrogens with zero attached hydrogens (tertiary/aromatic N) is 1. The number of nitrogens with one attached hydrogen (secondary N) is 1. The van der Waals surface area contributed by atoms with Crippen molar-refractivity contribution in [3.63, 3.8) is 0 Å². The van der Waals surface area contributed by atoms with Crippen LogP contribution in [0.4, 0.5) is 0 Å². The van der Waals surface area contributed by atoms with Crippen LogP contribution in [-0.4, -0.2) is 28.4 Å². The number of rotatable bonds is 0. The van der Waals surface area contributed by atoms with E-state index in [4.69, 9.17) is 0 Å². The van der Waals surface area contributed by atoms with Crippen LogP contribution in [0.5, 0.6) is 0 Å². The van der Waals surface area contributed by atoms with Gasteiger partial charge in [-0.3, -0.25) is 15.3 Å². The third-order valence-electron chi connectivity index (χ3n) is 3.12.